The van der Waals surface area contributed by atoms with Crippen molar-refractivity contribution < 1.29 is 9.68 Å². The zero-order valence-electron chi connectivity index (χ0n) is 15.0. The van der Waals surface area contributed by atoms with Crippen LogP contribution in [0.15, 0.2) is 54.6 Å². The van der Waals surface area contributed by atoms with Gasteiger partial charge in [0.1, 0.15) is 11.5 Å². The molecule has 0 atom stereocenters. The molecular formula is C21H20Cl2N2O2. The van der Waals surface area contributed by atoms with Gasteiger partial charge in [0, 0.05) is 16.0 Å². The highest BCUT2D eigenvalue weighted by Gasteiger charge is 2.24. The van der Waals surface area contributed by atoms with Crippen LogP contribution in [0.3, 0.4) is 0 Å². The number of nitrogens with two attached hydrogens (primary N) is 2. The number of aryl methyl sites for hydroxylation is 2. The van der Waals surface area contributed by atoms with Crippen molar-refractivity contribution in [3.8, 4) is 11.5 Å². The van der Waals surface area contributed by atoms with Crippen LogP contribution in [0.2, 0.25) is 10.0 Å². The van der Waals surface area contributed by atoms with Crippen LogP contribution >= 0.6 is 23.2 Å². The highest BCUT2D eigenvalue weighted by molar-refractivity contribution is 6.35. The predicted molar refractivity (Wildman–Crippen MR) is 109 cm³/mol. The van der Waals surface area contributed by atoms with Crippen molar-refractivity contribution in [3.05, 3.63) is 92.5 Å². The second-order valence-corrected chi connectivity index (χ2v) is 7.21. The normalized spacial score (nSPS) is 10.9. The third-order valence-electron chi connectivity index (χ3n) is 4.67. The smallest absolute Gasteiger partial charge is 0.147 e. The number of rotatable bonds is 5. The molecular weight excluding hydrogens is 383 g/mol. The minimum absolute atomic E-state index is 0.181. The van der Waals surface area contributed by atoms with E-state index in [9.17, 15) is 0 Å². The van der Waals surface area contributed by atoms with E-state index in [2.05, 4.69) is 0 Å². The molecule has 0 aliphatic carbocycles. The average Bonchev–Trinajstić information content (AvgIpc) is 2.66. The molecule has 0 saturated carbocycles. The van der Waals surface area contributed by atoms with Crippen molar-refractivity contribution in [2.45, 2.75) is 19.8 Å². The summed E-state index contributed by atoms with van der Waals surface area (Å²) in [5, 5.41) is 1.15. The fraction of sp³-hybridized carbons (Fsp3) is 0.143. The third-order valence-corrected chi connectivity index (χ3v) is 5.23. The van der Waals surface area contributed by atoms with Crippen molar-refractivity contribution in [1.82, 2.24) is 0 Å². The summed E-state index contributed by atoms with van der Waals surface area (Å²) in [5.74, 6) is 11.7. The van der Waals surface area contributed by atoms with Crippen molar-refractivity contribution >= 4 is 23.2 Å². The van der Waals surface area contributed by atoms with E-state index in [1.54, 1.807) is 6.07 Å². The molecule has 0 aromatic heterocycles. The van der Waals surface area contributed by atoms with Gasteiger partial charge in [-0.3, -0.25) is 0 Å². The number of benzene rings is 3. The Bertz CT molecular complexity index is 923. The molecule has 0 aliphatic heterocycles. The third kappa shape index (κ3) is 4.04. The maximum Gasteiger partial charge on any atom is 0.147 e. The molecule has 3 rings (SSSR count). The Morgan fingerprint density at radius 3 is 1.67 bits per heavy atom. The molecule has 3 aromatic carbocycles. The van der Waals surface area contributed by atoms with Crippen molar-refractivity contribution in [2.24, 2.45) is 11.8 Å². The van der Waals surface area contributed by atoms with E-state index in [4.69, 9.17) is 44.7 Å². The Balaban J connectivity index is 2.31. The molecule has 0 heterocycles. The number of halogens is 2. The van der Waals surface area contributed by atoms with E-state index in [-0.39, 0.29) is 5.92 Å². The van der Waals surface area contributed by atoms with Gasteiger partial charge in [0.15, 0.2) is 0 Å². The van der Waals surface area contributed by atoms with Crippen LogP contribution in [0.1, 0.15) is 33.7 Å². The lowest BCUT2D eigenvalue weighted by Crippen LogP contribution is -2.10. The van der Waals surface area contributed by atoms with Crippen LogP contribution in [0.4, 0.5) is 0 Å². The molecule has 0 amide bonds. The molecule has 27 heavy (non-hydrogen) atoms. The van der Waals surface area contributed by atoms with Crippen LogP contribution in [-0.2, 0) is 0 Å². The first-order valence-electron chi connectivity index (χ1n) is 8.34. The topological polar surface area (TPSA) is 70.5 Å². The van der Waals surface area contributed by atoms with Crippen LogP contribution in [0, 0.1) is 13.8 Å². The summed E-state index contributed by atoms with van der Waals surface area (Å²) in [7, 11) is 0. The second-order valence-electron chi connectivity index (χ2n) is 6.37. The van der Waals surface area contributed by atoms with E-state index >= 15 is 0 Å². The number of hydrogen-bond donors (Lipinski definition) is 2. The molecule has 4 nitrogen and oxygen atoms in total. The summed E-state index contributed by atoms with van der Waals surface area (Å²) in [4.78, 5) is 9.91. The Hall–Kier alpha value is -2.24. The Morgan fingerprint density at radius 1 is 0.704 bits per heavy atom. The lowest BCUT2D eigenvalue weighted by atomic mass is 9.81. The summed E-state index contributed by atoms with van der Waals surface area (Å²) >= 11 is 12.7. The molecule has 3 aromatic rings. The van der Waals surface area contributed by atoms with Gasteiger partial charge in [-0.15, -0.1) is 0 Å². The molecule has 0 unspecified atom stereocenters. The van der Waals surface area contributed by atoms with Crippen molar-refractivity contribution in [3.63, 3.8) is 0 Å². The highest BCUT2D eigenvalue weighted by Crippen LogP contribution is 2.41. The first-order valence-corrected chi connectivity index (χ1v) is 9.09. The molecule has 140 valence electrons. The van der Waals surface area contributed by atoms with E-state index < -0.39 is 0 Å². The molecule has 4 N–H and O–H groups in total. The SMILES string of the molecule is Cc1ccc(ON)cc1C(c1cc(ON)ccc1C)c1ccc(Cl)cc1Cl. The van der Waals surface area contributed by atoms with Gasteiger partial charge in [-0.25, -0.2) is 0 Å². The number of hydrogen-bond acceptors (Lipinski definition) is 4. The predicted octanol–water partition coefficient (Wildman–Crippen LogP) is 5.30. The van der Waals surface area contributed by atoms with E-state index in [0.717, 1.165) is 27.8 Å². The van der Waals surface area contributed by atoms with Crippen LogP contribution in [-0.4, -0.2) is 0 Å². The quantitative estimate of drug-likeness (QED) is 0.448. The summed E-state index contributed by atoms with van der Waals surface area (Å²) < 4.78 is 0. The van der Waals surface area contributed by atoms with Gasteiger partial charge in [-0.1, -0.05) is 41.4 Å². The zero-order chi connectivity index (χ0) is 19.6. The van der Waals surface area contributed by atoms with Gasteiger partial charge in [-0.2, -0.15) is 11.8 Å². The summed E-state index contributed by atoms with van der Waals surface area (Å²) in [6, 6.07) is 16.9. The van der Waals surface area contributed by atoms with Crippen LogP contribution in [0.25, 0.3) is 0 Å². The first-order chi connectivity index (χ1) is 12.9. The largest absolute Gasteiger partial charge is 0.412 e. The van der Waals surface area contributed by atoms with Crippen LogP contribution < -0.4 is 21.5 Å². The fourth-order valence-electron chi connectivity index (χ4n) is 3.24. The van der Waals surface area contributed by atoms with Gasteiger partial charge < -0.3 is 9.68 Å². The molecule has 0 aliphatic rings. The minimum Gasteiger partial charge on any atom is -0.412 e. The van der Waals surface area contributed by atoms with E-state index in [0.29, 0.717) is 21.5 Å². The lowest BCUT2D eigenvalue weighted by Gasteiger charge is -2.24. The summed E-state index contributed by atoms with van der Waals surface area (Å²) in [6.45, 7) is 4.07. The maximum atomic E-state index is 6.58. The fourth-order valence-corrected chi connectivity index (χ4v) is 3.76. The lowest BCUT2D eigenvalue weighted by molar-refractivity contribution is 0.333. The van der Waals surface area contributed by atoms with Crippen molar-refractivity contribution in [1.29, 1.82) is 0 Å². The highest BCUT2D eigenvalue weighted by atomic mass is 35.5. The molecule has 0 bridgehead atoms. The van der Waals surface area contributed by atoms with Gasteiger partial charge in [-0.05, 0) is 78.1 Å². The van der Waals surface area contributed by atoms with Gasteiger partial charge in [0.2, 0.25) is 0 Å². The average molecular weight is 403 g/mol. The standard InChI is InChI=1S/C21H20Cl2N2O2/c1-12-3-6-15(26-24)10-18(12)21(17-8-5-14(22)9-20(17)23)19-11-16(27-25)7-4-13(19)2/h3-11,21H,24-25H2,1-2H3. The summed E-state index contributed by atoms with van der Waals surface area (Å²) in [5.41, 5.74) is 5.09. The van der Waals surface area contributed by atoms with Crippen LogP contribution in [0.5, 0.6) is 11.5 Å². The monoisotopic (exact) mass is 402 g/mol. The molecule has 0 spiro atoms. The van der Waals surface area contributed by atoms with E-state index in [1.165, 1.54) is 0 Å². The Labute approximate surface area is 168 Å². The Morgan fingerprint density at radius 2 is 1.22 bits per heavy atom. The van der Waals surface area contributed by atoms with Gasteiger partial charge in [0.25, 0.3) is 0 Å². The first kappa shape index (κ1) is 19.5. The van der Waals surface area contributed by atoms with E-state index in [1.807, 2.05) is 62.4 Å². The van der Waals surface area contributed by atoms with Gasteiger partial charge >= 0.3 is 0 Å². The Kier molecular flexibility index (Phi) is 5.92. The molecule has 6 heteroatoms. The van der Waals surface area contributed by atoms with Crippen molar-refractivity contribution in [2.75, 3.05) is 0 Å². The molecule has 0 radical (unpaired) electrons. The molecule has 0 fully saturated rings. The zero-order valence-corrected chi connectivity index (χ0v) is 16.5. The minimum atomic E-state index is -0.181. The van der Waals surface area contributed by atoms with Gasteiger partial charge in [0.05, 0.1) is 0 Å². The maximum absolute atomic E-state index is 6.58. The summed E-state index contributed by atoms with van der Waals surface area (Å²) in [6.07, 6.45) is 0. The second kappa shape index (κ2) is 8.19. The molecule has 0 saturated heterocycles.